The van der Waals surface area contributed by atoms with Gasteiger partial charge in [0.1, 0.15) is 0 Å². The fourth-order valence-corrected chi connectivity index (χ4v) is 4.28. The summed E-state index contributed by atoms with van der Waals surface area (Å²) in [6.45, 7) is 4.45. The van der Waals surface area contributed by atoms with Crippen LogP contribution in [0.15, 0.2) is 23.2 Å². The van der Waals surface area contributed by atoms with Crippen LogP contribution in [0.2, 0.25) is 5.02 Å². The molecule has 8 nitrogen and oxygen atoms in total. The molecule has 0 bridgehead atoms. The van der Waals surface area contributed by atoms with Crippen molar-refractivity contribution in [1.82, 2.24) is 9.78 Å². The molecule has 0 saturated carbocycles. The Hall–Kier alpha value is -2.10. The van der Waals surface area contributed by atoms with Crippen LogP contribution in [0.25, 0.3) is 0 Å². The van der Waals surface area contributed by atoms with Gasteiger partial charge in [0.25, 0.3) is 10.0 Å². The van der Waals surface area contributed by atoms with Crippen molar-refractivity contribution in [3.63, 3.8) is 0 Å². The summed E-state index contributed by atoms with van der Waals surface area (Å²) in [6, 6.07) is 2.40. The second-order valence-electron chi connectivity index (χ2n) is 6.09. The number of sulfonamides is 1. The molecule has 0 amide bonds. The lowest BCUT2D eigenvalue weighted by molar-refractivity contribution is 0.0696. The van der Waals surface area contributed by atoms with Crippen LogP contribution in [0, 0.1) is 13.8 Å². The zero-order chi connectivity index (χ0) is 19.1. The first kappa shape index (κ1) is 18.7. The molecule has 10 heteroatoms. The van der Waals surface area contributed by atoms with Gasteiger partial charge in [0.2, 0.25) is 0 Å². The number of aromatic nitrogens is 2. The molecular weight excluding hydrogens is 382 g/mol. The molecule has 2 heterocycles. The van der Waals surface area contributed by atoms with E-state index in [1.54, 1.807) is 11.6 Å². The zero-order valence-electron chi connectivity index (χ0n) is 14.2. The average molecular weight is 400 g/mol. The summed E-state index contributed by atoms with van der Waals surface area (Å²) in [6.07, 6.45) is 2.24. The Kier molecular flexibility index (Phi) is 4.96. The summed E-state index contributed by atoms with van der Waals surface area (Å²) < 4.78 is 34.9. The normalized spacial score (nSPS) is 17.4. The van der Waals surface area contributed by atoms with E-state index >= 15 is 0 Å². The number of carboxylic acids is 1. The molecule has 1 fully saturated rings. The van der Waals surface area contributed by atoms with Gasteiger partial charge in [0.05, 0.1) is 40.7 Å². The molecule has 1 aromatic carbocycles. The van der Waals surface area contributed by atoms with Crippen LogP contribution < -0.4 is 4.72 Å². The Morgan fingerprint density at radius 1 is 1.42 bits per heavy atom. The molecule has 2 N–H and O–H groups in total. The third kappa shape index (κ3) is 3.42. The molecule has 0 aliphatic carbocycles. The molecule has 140 valence electrons. The third-order valence-corrected chi connectivity index (χ3v) is 6.14. The average Bonchev–Trinajstić information content (AvgIpc) is 3.20. The highest BCUT2D eigenvalue weighted by Gasteiger charge is 2.24. The summed E-state index contributed by atoms with van der Waals surface area (Å²) >= 11 is 6.01. The van der Waals surface area contributed by atoms with Crippen molar-refractivity contribution >= 4 is 33.3 Å². The minimum atomic E-state index is -4.02. The second kappa shape index (κ2) is 6.90. The van der Waals surface area contributed by atoms with Crippen LogP contribution in [-0.4, -0.2) is 42.5 Å². The fourth-order valence-electron chi connectivity index (χ4n) is 2.84. The number of anilines is 1. The van der Waals surface area contributed by atoms with E-state index in [0.29, 0.717) is 30.2 Å². The molecule has 1 unspecified atom stereocenters. The highest BCUT2D eigenvalue weighted by molar-refractivity contribution is 7.92. The van der Waals surface area contributed by atoms with Gasteiger partial charge in [-0.1, -0.05) is 11.6 Å². The van der Waals surface area contributed by atoms with Crippen molar-refractivity contribution in [3.05, 3.63) is 40.2 Å². The van der Waals surface area contributed by atoms with E-state index in [1.807, 2.05) is 0 Å². The van der Waals surface area contributed by atoms with Gasteiger partial charge in [-0.05, 0) is 38.0 Å². The Balaban J connectivity index is 1.94. The molecule has 1 aliphatic heterocycles. The Labute approximate surface area is 155 Å². The van der Waals surface area contributed by atoms with Gasteiger partial charge in [-0.25, -0.2) is 13.2 Å². The van der Waals surface area contributed by atoms with Gasteiger partial charge in [-0.3, -0.25) is 9.40 Å². The highest BCUT2D eigenvalue weighted by Crippen LogP contribution is 2.28. The molecular formula is C16H18ClN3O5S. The summed E-state index contributed by atoms with van der Waals surface area (Å²) in [5.74, 6) is -1.24. The lowest BCUT2D eigenvalue weighted by atomic mass is 10.1. The van der Waals surface area contributed by atoms with Crippen LogP contribution in [0.1, 0.15) is 34.1 Å². The molecule has 0 spiro atoms. The number of ether oxygens (including phenoxy) is 1. The molecule has 1 aliphatic rings. The van der Waals surface area contributed by atoms with Gasteiger partial charge in [-0.15, -0.1) is 0 Å². The highest BCUT2D eigenvalue weighted by atomic mass is 35.5. The van der Waals surface area contributed by atoms with Gasteiger partial charge in [0.15, 0.2) is 0 Å². The Bertz CT molecular complexity index is 965. The van der Waals surface area contributed by atoms with Crippen molar-refractivity contribution in [2.24, 2.45) is 0 Å². The summed E-state index contributed by atoms with van der Waals surface area (Å²) in [5, 5.41) is 13.6. The third-order valence-electron chi connectivity index (χ3n) is 4.40. The van der Waals surface area contributed by atoms with E-state index in [-0.39, 0.29) is 21.5 Å². The van der Waals surface area contributed by atoms with E-state index < -0.39 is 16.0 Å². The maximum atomic E-state index is 12.7. The fraction of sp³-hybridized carbons (Fsp3) is 0.375. The number of hydrogen-bond donors (Lipinski definition) is 2. The molecule has 1 atom stereocenters. The minimum Gasteiger partial charge on any atom is -0.478 e. The van der Waals surface area contributed by atoms with Crippen LogP contribution in [0.4, 0.5) is 5.69 Å². The van der Waals surface area contributed by atoms with Crippen molar-refractivity contribution in [1.29, 1.82) is 0 Å². The van der Waals surface area contributed by atoms with Crippen molar-refractivity contribution < 1.29 is 23.1 Å². The molecule has 2 aromatic rings. The van der Waals surface area contributed by atoms with Gasteiger partial charge >= 0.3 is 5.97 Å². The number of carbonyl (C=O) groups is 1. The number of aromatic carboxylic acids is 1. The molecule has 26 heavy (non-hydrogen) atoms. The predicted molar refractivity (Wildman–Crippen MR) is 95.4 cm³/mol. The van der Waals surface area contributed by atoms with Gasteiger partial charge < -0.3 is 9.84 Å². The number of hydrogen-bond acceptors (Lipinski definition) is 5. The molecule has 3 rings (SSSR count). The van der Waals surface area contributed by atoms with Crippen LogP contribution >= 0.6 is 11.6 Å². The minimum absolute atomic E-state index is 0.0701. The van der Waals surface area contributed by atoms with Crippen molar-refractivity contribution in [2.45, 2.75) is 31.2 Å². The van der Waals surface area contributed by atoms with E-state index in [4.69, 9.17) is 16.3 Å². The predicted octanol–water partition coefficient (Wildman–Crippen LogP) is 2.61. The van der Waals surface area contributed by atoms with Crippen LogP contribution in [-0.2, 0) is 14.8 Å². The van der Waals surface area contributed by atoms with E-state index in [2.05, 4.69) is 9.82 Å². The van der Waals surface area contributed by atoms with E-state index in [9.17, 15) is 18.3 Å². The van der Waals surface area contributed by atoms with Crippen molar-refractivity contribution in [3.8, 4) is 0 Å². The standard InChI is InChI=1S/C16H18ClN3O5S/c1-9-13(16(21)22)5-12(6-14(9)17)26(23,24)19-15-7-18-20(10(15)2)11-3-4-25-8-11/h5-7,11,19H,3-4,8H2,1-2H3,(H,21,22). The van der Waals surface area contributed by atoms with Crippen LogP contribution in [0.5, 0.6) is 0 Å². The number of benzene rings is 1. The summed E-state index contributed by atoms with van der Waals surface area (Å²) in [7, 11) is -4.02. The lowest BCUT2D eigenvalue weighted by Crippen LogP contribution is -2.16. The first-order valence-corrected chi connectivity index (χ1v) is 9.75. The number of carboxylic acid groups (broad SMARTS) is 1. The smallest absolute Gasteiger partial charge is 0.336 e. The lowest BCUT2D eigenvalue weighted by Gasteiger charge is -2.13. The van der Waals surface area contributed by atoms with Gasteiger partial charge in [-0.2, -0.15) is 5.10 Å². The van der Waals surface area contributed by atoms with E-state index in [0.717, 1.165) is 12.5 Å². The van der Waals surface area contributed by atoms with Crippen molar-refractivity contribution in [2.75, 3.05) is 17.9 Å². The Morgan fingerprint density at radius 3 is 2.77 bits per heavy atom. The molecule has 1 saturated heterocycles. The number of halogens is 1. The molecule has 0 radical (unpaired) electrons. The SMILES string of the molecule is Cc1c(Cl)cc(S(=O)(=O)Nc2cnn(C3CCOC3)c2C)cc1C(=O)O. The van der Waals surface area contributed by atoms with E-state index in [1.165, 1.54) is 19.2 Å². The number of rotatable bonds is 5. The quantitative estimate of drug-likeness (QED) is 0.799. The summed E-state index contributed by atoms with van der Waals surface area (Å²) in [4.78, 5) is 11.1. The first-order valence-electron chi connectivity index (χ1n) is 7.89. The number of nitrogens with one attached hydrogen (secondary N) is 1. The monoisotopic (exact) mass is 399 g/mol. The Morgan fingerprint density at radius 2 is 2.15 bits per heavy atom. The first-order chi connectivity index (χ1) is 12.2. The zero-order valence-corrected chi connectivity index (χ0v) is 15.8. The maximum Gasteiger partial charge on any atom is 0.336 e. The maximum absolute atomic E-state index is 12.7. The second-order valence-corrected chi connectivity index (χ2v) is 8.18. The van der Waals surface area contributed by atoms with Crippen LogP contribution in [0.3, 0.4) is 0 Å². The number of nitrogens with zero attached hydrogens (tertiary/aromatic N) is 2. The topological polar surface area (TPSA) is 111 Å². The largest absolute Gasteiger partial charge is 0.478 e. The van der Waals surface area contributed by atoms with Gasteiger partial charge in [0, 0.05) is 11.6 Å². The molecule has 1 aromatic heterocycles. The summed E-state index contributed by atoms with van der Waals surface area (Å²) in [5.41, 5.74) is 1.13.